The highest BCUT2D eigenvalue weighted by Gasteiger charge is 2.12. The Labute approximate surface area is 161 Å². The summed E-state index contributed by atoms with van der Waals surface area (Å²) in [6, 6.07) is 9.47. The van der Waals surface area contributed by atoms with Crippen molar-refractivity contribution >= 4 is 0 Å². The molecule has 0 aliphatic carbocycles. The zero-order chi connectivity index (χ0) is 20.2. The first kappa shape index (κ1) is 22.4. The van der Waals surface area contributed by atoms with Gasteiger partial charge < -0.3 is 34.7 Å². The molecule has 7 heteroatoms. The molecule has 0 fully saturated rings. The van der Waals surface area contributed by atoms with E-state index in [-0.39, 0.29) is 0 Å². The van der Waals surface area contributed by atoms with Crippen LogP contribution in [0, 0.1) is 0 Å². The number of nitrogens with two attached hydrogens (primary N) is 1. The monoisotopic (exact) mass is 378 g/mol. The average Bonchev–Trinajstić information content (AvgIpc) is 2.73. The van der Waals surface area contributed by atoms with Gasteiger partial charge in [-0.2, -0.15) is 0 Å². The third kappa shape index (κ3) is 6.23. The van der Waals surface area contributed by atoms with Crippen molar-refractivity contribution in [3.8, 4) is 28.7 Å². The lowest BCUT2D eigenvalue weighted by atomic mass is 10.2. The van der Waals surface area contributed by atoms with Gasteiger partial charge in [-0.25, -0.2) is 0 Å². The van der Waals surface area contributed by atoms with Gasteiger partial charge in [-0.05, 0) is 30.8 Å². The van der Waals surface area contributed by atoms with Crippen molar-refractivity contribution in [2.24, 2.45) is 5.73 Å². The molecule has 2 aromatic carbocycles. The number of nitrogens with one attached hydrogen (secondary N) is 1. The van der Waals surface area contributed by atoms with Gasteiger partial charge in [0.2, 0.25) is 5.75 Å². The number of hydrogen-bond donors (Lipinski definition) is 2. The number of ether oxygens (including phenoxy) is 5. The summed E-state index contributed by atoms with van der Waals surface area (Å²) < 4.78 is 25.8. The van der Waals surface area contributed by atoms with Crippen molar-refractivity contribution in [3.63, 3.8) is 0 Å². The summed E-state index contributed by atoms with van der Waals surface area (Å²) in [6.07, 6.45) is 0. The summed E-state index contributed by atoms with van der Waals surface area (Å²) in [5.74, 6) is 3.53. The van der Waals surface area contributed by atoms with Crippen LogP contribution in [0.4, 0.5) is 0 Å². The van der Waals surface area contributed by atoms with Gasteiger partial charge in [0, 0.05) is 24.7 Å². The van der Waals surface area contributed by atoms with E-state index in [1.165, 1.54) is 0 Å². The molecule has 3 N–H and O–H groups in total. The Morgan fingerprint density at radius 2 is 1.37 bits per heavy atom. The molecule has 7 nitrogen and oxygen atoms in total. The van der Waals surface area contributed by atoms with E-state index in [1.807, 2.05) is 37.4 Å². The normalized spacial score (nSPS) is 9.74. The lowest BCUT2D eigenvalue weighted by molar-refractivity contribution is 0.324. The molecule has 0 bridgehead atoms. The largest absolute Gasteiger partial charge is 0.497 e. The van der Waals surface area contributed by atoms with E-state index >= 15 is 0 Å². The van der Waals surface area contributed by atoms with E-state index in [2.05, 4.69) is 5.32 Å². The Kier molecular flexibility index (Phi) is 9.85. The van der Waals surface area contributed by atoms with Crippen LogP contribution in [-0.4, -0.2) is 42.6 Å². The summed E-state index contributed by atoms with van der Waals surface area (Å²) in [4.78, 5) is 0. The minimum atomic E-state index is 0.441. The van der Waals surface area contributed by atoms with Crippen LogP contribution in [0.5, 0.6) is 28.7 Å². The predicted molar refractivity (Wildman–Crippen MR) is 106 cm³/mol. The quantitative estimate of drug-likeness (QED) is 0.730. The molecule has 0 amide bonds. The highest BCUT2D eigenvalue weighted by atomic mass is 16.5. The van der Waals surface area contributed by atoms with E-state index < -0.39 is 0 Å². The molecule has 0 unspecified atom stereocenters. The van der Waals surface area contributed by atoms with Crippen molar-refractivity contribution in [1.29, 1.82) is 0 Å². The second-order valence-corrected chi connectivity index (χ2v) is 5.45. The maximum atomic E-state index is 5.54. The lowest BCUT2D eigenvalue weighted by Crippen LogP contribution is -2.06. The Morgan fingerprint density at radius 1 is 0.778 bits per heavy atom. The maximum absolute atomic E-state index is 5.54. The molecule has 2 aromatic rings. The van der Waals surface area contributed by atoms with Gasteiger partial charge in [0.05, 0.1) is 35.5 Å². The van der Waals surface area contributed by atoms with Crippen LogP contribution in [0.25, 0.3) is 0 Å². The van der Waals surface area contributed by atoms with Gasteiger partial charge in [-0.15, -0.1) is 0 Å². The fraction of sp³-hybridized carbons (Fsp3) is 0.400. The minimum absolute atomic E-state index is 0.441. The second kappa shape index (κ2) is 11.9. The van der Waals surface area contributed by atoms with E-state index in [0.29, 0.717) is 23.8 Å². The molecule has 0 saturated carbocycles. The van der Waals surface area contributed by atoms with Crippen LogP contribution in [-0.2, 0) is 13.1 Å². The van der Waals surface area contributed by atoms with Gasteiger partial charge in [0.15, 0.2) is 11.5 Å². The molecule has 27 heavy (non-hydrogen) atoms. The zero-order valence-electron chi connectivity index (χ0n) is 16.9. The van der Waals surface area contributed by atoms with Gasteiger partial charge in [0.1, 0.15) is 11.5 Å². The lowest BCUT2D eigenvalue weighted by Gasteiger charge is -2.13. The summed E-state index contributed by atoms with van der Waals surface area (Å²) in [5.41, 5.74) is 7.61. The Hall–Kier alpha value is -2.64. The molecule has 2 rings (SSSR count). The molecule has 0 heterocycles. The SMILES string of the molecule is CNCc1ccc(OC)cc1OC.COc1cc(CN)cc(OC)c1OC. The molecule has 0 aliphatic heterocycles. The van der Waals surface area contributed by atoms with Crippen molar-refractivity contribution < 1.29 is 23.7 Å². The van der Waals surface area contributed by atoms with Crippen LogP contribution in [0.3, 0.4) is 0 Å². The summed E-state index contributed by atoms with van der Waals surface area (Å²) in [6.45, 7) is 1.24. The summed E-state index contributed by atoms with van der Waals surface area (Å²) in [7, 11) is 9.95. The molecule has 0 saturated heterocycles. The first-order valence-corrected chi connectivity index (χ1v) is 8.42. The van der Waals surface area contributed by atoms with E-state index in [1.54, 1.807) is 35.5 Å². The molecule has 0 aliphatic rings. The summed E-state index contributed by atoms with van der Waals surface area (Å²) in [5, 5.41) is 3.08. The van der Waals surface area contributed by atoms with Gasteiger partial charge in [-0.3, -0.25) is 0 Å². The molecule has 0 radical (unpaired) electrons. The van der Waals surface area contributed by atoms with Crippen LogP contribution < -0.4 is 34.7 Å². The zero-order valence-corrected chi connectivity index (χ0v) is 16.9. The van der Waals surface area contributed by atoms with Crippen molar-refractivity contribution in [2.45, 2.75) is 13.1 Å². The number of benzene rings is 2. The van der Waals surface area contributed by atoms with E-state index in [4.69, 9.17) is 29.4 Å². The smallest absolute Gasteiger partial charge is 0.203 e. The molecular formula is C20H30N2O5. The fourth-order valence-electron chi connectivity index (χ4n) is 2.44. The van der Waals surface area contributed by atoms with Gasteiger partial charge in [0.25, 0.3) is 0 Å². The minimum Gasteiger partial charge on any atom is -0.497 e. The van der Waals surface area contributed by atoms with E-state index in [0.717, 1.165) is 29.2 Å². The standard InChI is InChI=1S/C10H15NO3.C10H15NO2/c1-12-8-4-7(6-11)5-9(13-2)10(8)14-3;1-11-7-8-4-5-9(12-2)6-10(8)13-3/h4-5H,6,11H2,1-3H3;4-6,11H,7H2,1-3H3. The maximum Gasteiger partial charge on any atom is 0.203 e. The number of hydrogen-bond acceptors (Lipinski definition) is 7. The Balaban J connectivity index is 0.000000271. The Morgan fingerprint density at radius 3 is 1.78 bits per heavy atom. The number of rotatable bonds is 8. The third-order valence-corrected chi connectivity index (χ3v) is 3.82. The highest BCUT2D eigenvalue weighted by Crippen LogP contribution is 2.37. The van der Waals surface area contributed by atoms with Gasteiger partial charge >= 0.3 is 0 Å². The van der Waals surface area contributed by atoms with E-state index in [9.17, 15) is 0 Å². The van der Waals surface area contributed by atoms with Crippen molar-refractivity contribution in [2.75, 3.05) is 42.6 Å². The topological polar surface area (TPSA) is 84.2 Å². The molecule has 0 spiro atoms. The van der Waals surface area contributed by atoms with Crippen LogP contribution >= 0.6 is 0 Å². The van der Waals surface area contributed by atoms with Crippen LogP contribution in [0.1, 0.15) is 11.1 Å². The molecule has 0 aromatic heterocycles. The predicted octanol–water partition coefficient (Wildman–Crippen LogP) is 2.59. The summed E-state index contributed by atoms with van der Waals surface area (Å²) >= 11 is 0. The average molecular weight is 378 g/mol. The van der Waals surface area contributed by atoms with Crippen LogP contribution in [0.2, 0.25) is 0 Å². The fourth-order valence-corrected chi connectivity index (χ4v) is 2.44. The first-order valence-electron chi connectivity index (χ1n) is 8.42. The molecular weight excluding hydrogens is 348 g/mol. The molecule has 150 valence electrons. The van der Waals surface area contributed by atoms with Crippen molar-refractivity contribution in [1.82, 2.24) is 5.32 Å². The highest BCUT2D eigenvalue weighted by molar-refractivity contribution is 5.53. The Bertz CT molecular complexity index is 682. The van der Waals surface area contributed by atoms with Gasteiger partial charge in [-0.1, -0.05) is 6.07 Å². The van der Waals surface area contributed by atoms with Crippen LogP contribution in [0.15, 0.2) is 30.3 Å². The third-order valence-electron chi connectivity index (χ3n) is 3.82. The second-order valence-electron chi connectivity index (χ2n) is 5.45. The van der Waals surface area contributed by atoms with Crippen molar-refractivity contribution in [3.05, 3.63) is 41.5 Å². The molecule has 0 atom stereocenters. The number of methoxy groups -OCH3 is 5. The first-order chi connectivity index (χ1) is 13.1.